The van der Waals surface area contributed by atoms with Crippen LogP contribution < -0.4 is 0 Å². The highest BCUT2D eigenvalue weighted by atomic mass is 14.2. The van der Waals surface area contributed by atoms with E-state index in [4.69, 9.17) is 0 Å². The third-order valence-corrected chi connectivity index (χ3v) is 4.94. The van der Waals surface area contributed by atoms with Crippen molar-refractivity contribution in [3.63, 3.8) is 0 Å². The van der Waals surface area contributed by atoms with E-state index in [2.05, 4.69) is 27.7 Å². The van der Waals surface area contributed by atoms with Crippen LogP contribution in [0.5, 0.6) is 0 Å². The Morgan fingerprint density at radius 1 is 0.400 bits per heavy atom. The summed E-state index contributed by atoms with van der Waals surface area (Å²) in [4.78, 5) is 0. The summed E-state index contributed by atoms with van der Waals surface area (Å²) in [6.07, 6.45) is 13.4. The Morgan fingerprint density at radius 3 is 0.760 bits per heavy atom. The summed E-state index contributed by atoms with van der Waals surface area (Å²) in [5.74, 6) is 4.00. The summed E-state index contributed by atoms with van der Waals surface area (Å²) in [6, 6.07) is 0. The predicted molar refractivity (Wildman–Crippen MR) is 124 cm³/mol. The third kappa shape index (κ3) is 22.0. The Morgan fingerprint density at radius 2 is 0.600 bits per heavy atom. The lowest BCUT2D eigenvalue weighted by Gasteiger charge is -2.24. The Balaban J connectivity index is -0.000000127. The van der Waals surface area contributed by atoms with E-state index in [0.717, 1.165) is 23.7 Å². The van der Waals surface area contributed by atoms with Crippen molar-refractivity contribution in [2.75, 3.05) is 0 Å². The molecular weight excluding hydrogens is 300 g/mol. The van der Waals surface area contributed by atoms with Crippen molar-refractivity contribution < 1.29 is 0 Å². The maximum atomic E-state index is 2.36. The van der Waals surface area contributed by atoms with E-state index >= 15 is 0 Å². The fraction of sp³-hybridized carbons (Fsp3) is 1.00. The van der Waals surface area contributed by atoms with Gasteiger partial charge in [-0.05, 0) is 23.7 Å². The van der Waals surface area contributed by atoms with Crippen molar-refractivity contribution in [2.24, 2.45) is 23.7 Å². The van der Waals surface area contributed by atoms with Crippen LogP contribution in [0.25, 0.3) is 0 Å². The van der Waals surface area contributed by atoms with E-state index in [0.29, 0.717) is 0 Å². The van der Waals surface area contributed by atoms with Crippen molar-refractivity contribution >= 4 is 0 Å². The van der Waals surface area contributed by atoms with Gasteiger partial charge in [-0.2, -0.15) is 0 Å². The summed E-state index contributed by atoms with van der Waals surface area (Å²) < 4.78 is 0. The minimum Gasteiger partial charge on any atom is -0.0683 e. The molecule has 0 aromatic heterocycles. The van der Waals surface area contributed by atoms with Gasteiger partial charge in [-0.25, -0.2) is 0 Å². The van der Waals surface area contributed by atoms with Crippen molar-refractivity contribution in [2.45, 2.75) is 141 Å². The zero-order valence-electron chi connectivity index (χ0n) is 20.7. The number of hydrogen-bond donors (Lipinski definition) is 0. The standard InChI is InChI=1S/C9H18.C8H16.4C2H6/c1-8(2)9-6-4-3-5-7-9;1-7(2)8-5-3-4-6-8;4*1-2/h8-9H,3-7H2,1-2H3;7-8H,3-6H2,1-2H3;4*1-2H3. The molecular formula is C25H58. The fourth-order valence-electron chi connectivity index (χ4n) is 3.42. The molecule has 0 N–H and O–H groups in total. The molecule has 0 aromatic carbocycles. The molecule has 2 saturated carbocycles. The summed E-state index contributed by atoms with van der Waals surface area (Å²) >= 11 is 0. The highest BCUT2D eigenvalue weighted by Crippen LogP contribution is 2.30. The zero-order valence-corrected chi connectivity index (χ0v) is 20.7. The first-order chi connectivity index (χ1) is 12.1. The zero-order chi connectivity index (χ0) is 20.7. The van der Waals surface area contributed by atoms with Crippen LogP contribution in [-0.4, -0.2) is 0 Å². The highest BCUT2D eigenvalue weighted by molar-refractivity contribution is 4.69. The van der Waals surface area contributed by atoms with Crippen LogP contribution in [0.2, 0.25) is 0 Å². The molecule has 0 unspecified atom stereocenters. The van der Waals surface area contributed by atoms with Gasteiger partial charge in [0.05, 0.1) is 0 Å². The van der Waals surface area contributed by atoms with E-state index in [1.807, 2.05) is 55.4 Å². The monoisotopic (exact) mass is 358 g/mol. The average molecular weight is 359 g/mol. The minimum absolute atomic E-state index is 0.935. The fourth-order valence-corrected chi connectivity index (χ4v) is 3.42. The maximum Gasteiger partial charge on any atom is -0.0391 e. The Hall–Kier alpha value is 0. The Kier molecular flexibility index (Phi) is 37.6. The lowest BCUT2D eigenvalue weighted by Crippen LogP contribution is -2.12. The van der Waals surface area contributed by atoms with Gasteiger partial charge in [0.15, 0.2) is 0 Å². The molecule has 2 rings (SSSR count). The van der Waals surface area contributed by atoms with Gasteiger partial charge >= 0.3 is 0 Å². The number of hydrogen-bond acceptors (Lipinski definition) is 0. The first-order valence-corrected chi connectivity index (χ1v) is 12.1. The highest BCUT2D eigenvalue weighted by Gasteiger charge is 2.17. The number of rotatable bonds is 2. The molecule has 0 nitrogen and oxygen atoms in total. The van der Waals surface area contributed by atoms with Gasteiger partial charge in [0.25, 0.3) is 0 Å². The van der Waals surface area contributed by atoms with E-state index in [1.54, 1.807) is 0 Å². The van der Waals surface area contributed by atoms with Crippen LogP contribution >= 0.6 is 0 Å². The maximum absolute atomic E-state index is 2.36. The molecule has 0 amide bonds. The second-order valence-electron chi connectivity index (χ2n) is 6.93. The van der Waals surface area contributed by atoms with Crippen molar-refractivity contribution in [3.05, 3.63) is 0 Å². The van der Waals surface area contributed by atoms with Gasteiger partial charge in [0.2, 0.25) is 0 Å². The first-order valence-electron chi connectivity index (χ1n) is 12.1. The molecule has 0 aliphatic heterocycles. The topological polar surface area (TPSA) is 0 Å². The average Bonchev–Trinajstić information content (AvgIpc) is 3.25. The summed E-state index contributed by atoms with van der Waals surface area (Å²) in [6.45, 7) is 25.4. The molecule has 2 aliphatic carbocycles. The van der Waals surface area contributed by atoms with Gasteiger partial charge in [-0.3, -0.25) is 0 Å². The molecule has 0 aromatic rings. The van der Waals surface area contributed by atoms with Crippen LogP contribution in [-0.2, 0) is 0 Å². The predicted octanol–water partition coefficient (Wildman–Crippen LogP) is 10.2. The SMILES string of the molecule is CC.CC.CC.CC.CC(C)C1CCCC1.CC(C)C1CCCCC1. The van der Waals surface area contributed by atoms with E-state index in [1.165, 1.54) is 57.8 Å². The molecule has 0 atom stereocenters. The van der Waals surface area contributed by atoms with Crippen LogP contribution in [0.15, 0.2) is 0 Å². The van der Waals surface area contributed by atoms with Crippen molar-refractivity contribution in [1.82, 2.24) is 0 Å². The lowest BCUT2D eigenvalue weighted by molar-refractivity contribution is 0.279. The van der Waals surface area contributed by atoms with Crippen LogP contribution in [0.1, 0.15) is 141 Å². The molecule has 0 spiro atoms. The summed E-state index contributed by atoms with van der Waals surface area (Å²) in [7, 11) is 0. The van der Waals surface area contributed by atoms with Crippen LogP contribution in [0.3, 0.4) is 0 Å². The van der Waals surface area contributed by atoms with E-state index in [-0.39, 0.29) is 0 Å². The van der Waals surface area contributed by atoms with E-state index in [9.17, 15) is 0 Å². The second-order valence-corrected chi connectivity index (χ2v) is 6.93. The van der Waals surface area contributed by atoms with E-state index < -0.39 is 0 Å². The summed E-state index contributed by atoms with van der Waals surface area (Å²) in [5, 5.41) is 0. The second kappa shape index (κ2) is 28.8. The Bertz CT molecular complexity index is 168. The van der Waals surface area contributed by atoms with Gasteiger partial charge < -0.3 is 0 Å². The van der Waals surface area contributed by atoms with Crippen molar-refractivity contribution in [1.29, 1.82) is 0 Å². The van der Waals surface area contributed by atoms with Gasteiger partial charge in [0, 0.05) is 0 Å². The molecule has 25 heavy (non-hydrogen) atoms. The normalized spacial score (nSPS) is 16.6. The largest absolute Gasteiger partial charge is 0.0683 e. The van der Waals surface area contributed by atoms with Gasteiger partial charge in [-0.1, -0.05) is 141 Å². The molecule has 158 valence electrons. The quantitative estimate of drug-likeness (QED) is 0.460. The smallest absolute Gasteiger partial charge is 0.0391 e. The van der Waals surface area contributed by atoms with Gasteiger partial charge in [0.1, 0.15) is 0 Å². The van der Waals surface area contributed by atoms with Crippen molar-refractivity contribution in [3.8, 4) is 0 Å². The molecule has 0 heterocycles. The lowest BCUT2D eigenvalue weighted by atomic mass is 9.82. The van der Waals surface area contributed by atoms with Crippen LogP contribution in [0, 0.1) is 23.7 Å². The third-order valence-electron chi connectivity index (χ3n) is 4.94. The van der Waals surface area contributed by atoms with Gasteiger partial charge in [-0.15, -0.1) is 0 Å². The Labute approximate surface area is 165 Å². The van der Waals surface area contributed by atoms with Crippen LogP contribution in [0.4, 0.5) is 0 Å². The molecule has 0 bridgehead atoms. The molecule has 2 aliphatic rings. The minimum atomic E-state index is 0.935. The molecule has 0 saturated heterocycles. The summed E-state index contributed by atoms with van der Waals surface area (Å²) in [5.41, 5.74) is 0. The molecule has 0 radical (unpaired) electrons. The molecule has 2 fully saturated rings. The molecule has 0 heteroatoms. The first kappa shape index (κ1) is 32.7.